The fourth-order valence-electron chi connectivity index (χ4n) is 2.30. The SMILES string of the molecule is COc1cc(Br)cc(/C=N\n2c(Cc3ccccc3)n[nH]c2=S)c1O. The summed E-state index contributed by atoms with van der Waals surface area (Å²) in [6, 6.07) is 13.3. The standard InChI is InChI=1S/C17H15BrN4O2S/c1-24-14-9-13(18)8-12(16(14)23)10-19-22-15(20-21-17(22)25)7-11-5-3-2-4-6-11/h2-6,8-10,23H,7H2,1H3,(H,21,25)/b19-10-. The predicted octanol–water partition coefficient (Wildman–Crippen LogP) is 3.89. The zero-order valence-electron chi connectivity index (χ0n) is 13.3. The highest BCUT2D eigenvalue weighted by atomic mass is 79.9. The number of phenols is 1. The second-order valence-electron chi connectivity index (χ2n) is 5.21. The van der Waals surface area contributed by atoms with Crippen LogP contribution < -0.4 is 4.74 Å². The van der Waals surface area contributed by atoms with Crippen molar-refractivity contribution in [3.63, 3.8) is 0 Å². The van der Waals surface area contributed by atoms with E-state index < -0.39 is 0 Å². The monoisotopic (exact) mass is 418 g/mol. The molecule has 0 amide bonds. The van der Waals surface area contributed by atoms with Crippen LogP contribution in [-0.2, 0) is 6.42 Å². The van der Waals surface area contributed by atoms with Crippen LogP contribution in [0.1, 0.15) is 17.0 Å². The molecule has 8 heteroatoms. The first-order chi connectivity index (χ1) is 12.1. The normalized spacial score (nSPS) is 11.1. The molecule has 0 radical (unpaired) electrons. The number of hydrogen-bond donors (Lipinski definition) is 2. The maximum atomic E-state index is 10.2. The van der Waals surface area contributed by atoms with Crippen LogP contribution in [0, 0.1) is 4.77 Å². The number of methoxy groups -OCH3 is 1. The van der Waals surface area contributed by atoms with Crippen molar-refractivity contribution in [2.75, 3.05) is 7.11 Å². The third-order valence-electron chi connectivity index (χ3n) is 3.52. The number of phenolic OH excluding ortho intramolecular Hbond substituents is 1. The molecule has 0 bridgehead atoms. The average Bonchev–Trinajstić information content (AvgIpc) is 2.96. The van der Waals surface area contributed by atoms with Gasteiger partial charge in [-0.25, -0.2) is 0 Å². The van der Waals surface area contributed by atoms with Gasteiger partial charge in [0.25, 0.3) is 0 Å². The Labute approximate surface area is 157 Å². The van der Waals surface area contributed by atoms with Crippen LogP contribution in [0.15, 0.2) is 52.0 Å². The lowest BCUT2D eigenvalue weighted by atomic mass is 10.1. The van der Waals surface area contributed by atoms with E-state index in [0.717, 1.165) is 10.0 Å². The Kier molecular flexibility index (Phi) is 5.30. The topological polar surface area (TPSA) is 75.4 Å². The van der Waals surface area contributed by atoms with E-state index in [4.69, 9.17) is 17.0 Å². The molecule has 1 heterocycles. The molecular weight excluding hydrogens is 404 g/mol. The minimum absolute atomic E-state index is 0.00840. The van der Waals surface area contributed by atoms with E-state index >= 15 is 0 Å². The highest BCUT2D eigenvalue weighted by molar-refractivity contribution is 9.10. The minimum Gasteiger partial charge on any atom is -0.504 e. The van der Waals surface area contributed by atoms with E-state index in [2.05, 4.69) is 31.2 Å². The molecule has 2 N–H and O–H groups in total. The van der Waals surface area contributed by atoms with Gasteiger partial charge >= 0.3 is 0 Å². The van der Waals surface area contributed by atoms with E-state index in [9.17, 15) is 5.11 Å². The number of ether oxygens (including phenoxy) is 1. The van der Waals surface area contributed by atoms with Crippen molar-refractivity contribution in [2.45, 2.75) is 6.42 Å². The van der Waals surface area contributed by atoms with Gasteiger partial charge in [0.15, 0.2) is 17.3 Å². The van der Waals surface area contributed by atoms with E-state index in [1.165, 1.54) is 18.0 Å². The van der Waals surface area contributed by atoms with E-state index in [-0.39, 0.29) is 5.75 Å². The zero-order chi connectivity index (χ0) is 17.8. The Morgan fingerprint density at radius 2 is 2.12 bits per heavy atom. The lowest BCUT2D eigenvalue weighted by Gasteiger charge is -2.07. The lowest BCUT2D eigenvalue weighted by Crippen LogP contribution is -2.00. The number of halogens is 1. The summed E-state index contributed by atoms with van der Waals surface area (Å²) in [6.45, 7) is 0. The second-order valence-corrected chi connectivity index (χ2v) is 6.51. The number of aromatic hydroxyl groups is 1. The van der Waals surface area contributed by atoms with Gasteiger partial charge in [0, 0.05) is 16.5 Å². The van der Waals surface area contributed by atoms with E-state index in [1.54, 1.807) is 12.1 Å². The van der Waals surface area contributed by atoms with Crippen LogP contribution in [0.2, 0.25) is 0 Å². The number of H-pyrrole nitrogens is 1. The Balaban J connectivity index is 1.94. The summed E-state index contributed by atoms with van der Waals surface area (Å²) < 4.78 is 7.83. The number of hydrogen-bond acceptors (Lipinski definition) is 5. The van der Waals surface area contributed by atoms with Crippen LogP contribution in [0.5, 0.6) is 11.5 Å². The van der Waals surface area contributed by atoms with Crippen molar-refractivity contribution >= 4 is 34.4 Å². The number of aromatic amines is 1. The first kappa shape index (κ1) is 17.4. The van der Waals surface area contributed by atoms with Gasteiger partial charge in [-0.3, -0.25) is 5.10 Å². The largest absolute Gasteiger partial charge is 0.504 e. The maximum Gasteiger partial charge on any atom is 0.216 e. The summed E-state index contributed by atoms with van der Waals surface area (Å²) in [5, 5.41) is 21.6. The smallest absolute Gasteiger partial charge is 0.216 e. The first-order valence-corrected chi connectivity index (χ1v) is 8.59. The van der Waals surface area contributed by atoms with Crippen molar-refractivity contribution < 1.29 is 9.84 Å². The van der Waals surface area contributed by atoms with Crippen molar-refractivity contribution in [3.05, 3.63) is 68.7 Å². The van der Waals surface area contributed by atoms with Crippen LogP contribution in [0.3, 0.4) is 0 Å². The van der Waals surface area contributed by atoms with Gasteiger partial charge in [0.1, 0.15) is 0 Å². The van der Waals surface area contributed by atoms with Gasteiger partial charge in [0.05, 0.1) is 13.3 Å². The third kappa shape index (κ3) is 3.97. The molecule has 0 aliphatic carbocycles. The van der Waals surface area contributed by atoms with Crippen LogP contribution in [0.25, 0.3) is 0 Å². The molecule has 0 atom stereocenters. The first-order valence-electron chi connectivity index (χ1n) is 7.39. The minimum atomic E-state index is 0.00840. The third-order valence-corrected chi connectivity index (χ3v) is 4.25. The fraction of sp³-hybridized carbons (Fsp3) is 0.118. The summed E-state index contributed by atoms with van der Waals surface area (Å²) in [4.78, 5) is 0. The number of aromatic nitrogens is 3. The summed E-state index contributed by atoms with van der Waals surface area (Å²) in [5.41, 5.74) is 1.60. The molecule has 0 saturated carbocycles. The van der Waals surface area contributed by atoms with Crippen LogP contribution >= 0.6 is 28.1 Å². The van der Waals surface area contributed by atoms with Gasteiger partial charge in [-0.2, -0.15) is 14.9 Å². The summed E-state index contributed by atoms with van der Waals surface area (Å²) in [6.07, 6.45) is 2.10. The van der Waals surface area contributed by atoms with Crippen LogP contribution in [0.4, 0.5) is 0 Å². The van der Waals surface area contributed by atoms with Gasteiger partial charge in [-0.15, -0.1) is 0 Å². The Morgan fingerprint density at radius 3 is 2.84 bits per heavy atom. The highest BCUT2D eigenvalue weighted by Crippen LogP contribution is 2.32. The Bertz CT molecular complexity index is 967. The summed E-state index contributed by atoms with van der Waals surface area (Å²) >= 11 is 8.63. The molecule has 0 aliphatic rings. The Morgan fingerprint density at radius 1 is 1.36 bits per heavy atom. The van der Waals surface area contributed by atoms with Crippen LogP contribution in [-0.4, -0.2) is 33.3 Å². The molecular formula is C17H15BrN4O2S. The van der Waals surface area contributed by atoms with Crippen molar-refractivity contribution in [1.82, 2.24) is 14.9 Å². The lowest BCUT2D eigenvalue weighted by molar-refractivity contribution is 0.373. The maximum absolute atomic E-state index is 10.2. The summed E-state index contributed by atoms with van der Waals surface area (Å²) in [7, 11) is 1.49. The molecule has 0 aliphatic heterocycles. The quantitative estimate of drug-likeness (QED) is 0.486. The van der Waals surface area contributed by atoms with Gasteiger partial charge in [0.2, 0.25) is 4.77 Å². The highest BCUT2D eigenvalue weighted by Gasteiger charge is 2.10. The number of benzene rings is 2. The molecule has 25 heavy (non-hydrogen) atoms. The fourth-order valence-corrected chi connectivity index (χ4v) is 2.96. The van der Waals surface area contributed by atoms with Gasteiger partial charge in [-0.1, -0.05) is 46.3 Å². The molecule has 0 spiro atoms. The van der Waals surface area contributed by atoms with E-state index in [0.29, 0.717) is 28.3 Å². The zero-order valence-corrected chi connectivity index (χ0v) is 15.7. The van der Waals surface area contributed by atoms with Crippen molar-refractivity contribution in [2.24, 2.45) is 5.10 Å². The number of nitrogens with zero attached hydrogens (tertiary/aromatic N) is 3. The second kappa shape index (κ2) is 7.62. The van der Waals surface area contributed by atoms with Crippen molar-refractivity contribution in [1.29, 1.82) is 0 Å². The molecule has 0 saturated heterocycles. The molecule has 3 aromatic rings. The molecule has 2 aromatic carbocycles. The molecule has 0 fully saturated rings. The molecule has 0 unspecified atom stereocenters. The molecule has 1 aromatic heterocycles. The Hall–Kier alpha value is -2.45. The average molecular weight is 419 g/mol. The predicted molar refractivity (Wildman–Crippen MR) is 102 cm³/mol. The molecule has 6 nitrogen and oxygen atoms in total. The van der Waals surface area contributed by atoms with Gasteiger partial charge in [-0.05, 0) is 29.9 Å². The molecule has 3 rings (SSSR count). The number of rotatable bonds is 5. The van der Waals surface area contributed by atoms with Gasteiger partial charge < -0.3 is 9.84 Å². The number of nitrogens with one attached hydrogen (secondary N) is 1. The van der Waals surface area contributed by atoms with E-state index in [1.807, 2.05) is 30.3 Å². The summed E-state index contributed by atoms with van der Waals surface area (Å²) in [5.74, 6) is 1.04. The molecule has 128 valence electrons. The van der Waals surface area contributed by atoms with Crippen molar-refractivity contribution in [3.8, 4) is 11.5 Å².